The molecule has 0 aliphatic carbocycles. The Morgan fingerprint density at radius 2 is 2.19 bits per heavy atom. The van der Waals surface area contributed by atoms with Crippen LogP contribution in [0.5, 0.6) is 5.75 Å². The Labute approximate surface area is 149 Å². The van der Waals surface area contributed by atoms with Crippen LogP contribution in [0.25, 0.3) is 0 Å². The van der Waals surface area contributed by atoms with Crippen LogP contribution in [0.2, 0.25) is 0 Å². The van der Waals surface area contributed by atoms with Gasteiger partial charge >= 0.3 is 5.97 Å². The van der Waals surface area contributed by atoms with Crippen LogP contribution in [0, 0.1) is 0 Å². The molecule has 1 amide bonds. The highest BCUT2D eigenvalue weighted by Crippen LogP contribution is 2.33. The lowest BCUT2D eigenvalue weighted by Gasteiger charge is -2.31. The summed E-state index contributed by atoms with van der Waals surface area (Å²) in [6.07, 6.45) is 3.22. The molecular formula is C18H19N3O5. The van der Waals surface area contributed by atoms with E-state index < -0.39 is 23.5 Å². The molecule has 0 saturated heterocycles. The van der Waals surface area contributed by atoms with E-state index >= 15 is 0 Å². The number of ether oxygens (including phenoxy) is 1. The zero-order chi connectivity index (χ0) is 18.9. The molecular weight excluding hydrogens is 338 g/mol. The van der Waals surface area contributed by atoms with E-state index in [1.54, 1.807) is 6.07 Å². The van der Waals surface area contributed by atoms with E-state index in [1.807, 2.05) is 13.8 Å². The fourth-order valence-corrected chi connectivity index (χ4v) is 2.85. The van der Waals surface area contributed by atoms with Crippen LogP contribution in [-0.2, 0) is 11.2 Å². The van der Waals surface area contributed by atoms with Gasteiger partial charge in [-0.2, -0.15) is 0 Å². The Hall–Kier alpha value is -3.16. The highest BCUT2D eigenvalue weighted by atomic mass is 16.5. The van der Waals surface area contributed by atoms with E-state index in [-0.39, 0.29) is 24.2 Å². The Kier molecular flexibility index (Phi) is 4.50. The lowest BCUT2D eigenvalue weighted by atomic mass is 9.92. The minimum atomic E-state index is -1.16. The molecule has 0 radical (unpaired) electrons. The number of ketones is 1. The number of carbonyl (C=O) groups is 3. The van der Waals surface area contributed by atoms with Crippen molar-refractivity contribution in [1.82, 2.24) is 15.3 Å². The van der Waals surface area contributed by atoms with Crippen LogP contribution in [0.4, 0.5) is 0 Å². The van der Waals surface area contributed by atoms with Crippen molar-refractivity contribution in [2.45, 2.75) is 38.3 Å². The van der Waals surface area contributed by atoms with E-state index in [4.69, 9.17) is 4.74 Å². The third kappa shape index (κ3) is 3.74. The van der Waals surface area contributed by atoms with Crippen LogP contribution < -0.4 is 10.1 Å². The summed E-state index contributed by atoms with van der Waals surface area (Å²) < 4.78 is 5.76. The quantitative estimate of drug-likeness (QED) is 0.747. The molecule has 1 aromatic heterocycles. The summed E-state index contributed by atoms with van der Waals surface area (Å²) in [6.45, 7) is 3.64. The molecule has 136 valence electrons. The van der Waals surface area contributed by atoms with Crippen LogP contribution in [0.3, 0.4) is 0 Å². The first-order valence-corrected chi connectivity index (χ1v) is 8.12. The van der Waals surface area contributed by atoms with Crippen molar-refractivity contribution in [2.75, 3.05) is 0 Å². The molecule has 3 rings (SSSR count). The van der Waals surface area contributed by atoms with Crippen molar-refractivity contribution in [3.63, 3.8) is 0 Å². The number of amides is 1. The SMILES string of the molecule is CC1(C)CC(=O)c2cc(C(=O)NC(Cc3cnc[nH]3)C(=O)O)ccc2O1. The minimum absolute atomic E-state index is 0.0717. The zero-order valence-corrected chi connectivity index (χ0v) is 14.4. The van der Waals surface area contributed by atoms with Crippen LogP contribution >= 0.6 is 0 Å². The lowest BCUT2D eigenvalue weighted by molar-refractivity contribution is -0.139. The summed E-state index contributed by atoms with van der Waals surface area (Å²) in [6, 6.07) is 3.40. The maximum atomic E-state index is 12.5. The van der Waals surface area contributed by atoms with Crippen LogP contribution in [0.15, 0.2) is 30.7 Å². The fraction of sp³-hybridized carbons (Fsp3) is 0.333. The monoisotopic (exact) mass is 357 g/mol. The minimum Gasteiger partial charge on any atom is -0.487 e. The van der Waals surface area contributed by atoms with Gasteiger partial charge in [0.25, 0.3) is 5.91 Å². The largest absolute Gasteiger partial charge is 0.487 e. The maximum Gasteiger partial charge on any atom is 0.326 e. The molecule has 1 unspecified atom stereocenters. The van der Waals surface area contributed by atoms with Crippen LogP contribution in [0.1, 0.15) is 46.7 Å². The molecule has 1 aliphatic rings. The van der Waals surface area contributed by atoms with Crippen molar-refractivity contribution >= 4 is 17.7 Å². The fourth-order valence-electron chi connectivity index (χ4n) is 2.85. The van der Waals surface area contributed by atoms with Gasteiger partial charge in [0.2, 0.25) is 0 Å². The summed E-state index contributed by atoms with van der Waals surface area (Å²) in [5.41, 5.74) is 0.537. The normalized spacial score (nSPS) is 16.3. The number of aromatic amines is 1. The van der Waals surface area contributed by atoms with Crippen LogP contribution in [-0.4, -0.2) is 44.4 Å². The number of H-pyrrole nitrogens is 1. The molecule has 1 aliphatic heterocycles. The molecule has 0 fully saturated rings. The number of benzene rings is 1. The standard InChI is InChI=1S/C18H19N3O5/c1-18(2)7-14(22)12-5-10(3-4-15(12)26-18)16(23)21-13(17(24)25)6-11-8-19-9-20-11/h3-5,8-9,13H,6-7H2,1-2H3,(H,19,20)(H,21,23)(H,24,25). The number of carboxylic acid groups (broad SMARTS) is 1. The second kappa shape index (κ2) is 6.62. The number of Topliss-reactive ketones (excluding diaryl/α,β-unsaturated/α-hetero) is 1. The first-order valence-electron chi connectivity index (χ1n) is 8.12. The first kappa shape index (κ1) is 17.7. The number of carbonyl (C=O) groups excluding carboxylic acids is 2. The molecule has 3 N–H and O–H groups in total. The molecule has 0 saturated carbocycles. The summed E-state index contributed by atoms with van der Waals surface area (Å²) in [5.74, 6) is -1.42. The average Bonchev–Trinajstić information content (AvgIpc) is 3.05. The molecule has 8 nitrogen and oxygen atoms in total. The highest BCUT2D eigenvalue weighted by Gasteiger charge is 2.33. The lowest BCUT2D eigenvalue weighted by Crippen LogP contribution is -2.42. The molecule has 2 heterocycles. The van der Waals surface area contributed by atoms with Gasteiger partial charge in [0, 0.05) is 23.9 Å². The number of nitrogens with one attached hydrogen (secondary N) is 2. The third-order valence-corrected chi connectivity index (χ3v) is 4.10. The zero-order valence-electron chi connectivity index (χ0n) is 14.4. The smallest absolute Gasteiger partial charge is 0.326 e. The Balaban J connectivity index is 1.78. The molecule has 1 aromatic carbocycles. The molecule has 0 spiro atoms. The van der Waals surface area contributed by atoms with Gasteiger partial charge in [-0.25, -0.2) is 9.78 Å². The van der Waals surface area contributed by atoms with Gasteiger partial charge < -0.3 is 20.1 Å². The van der Waals surface area contributed by atoms with Gasteiger partial charge in [-0.15, -0.1) is 0 Å². The van der Waals surface area contributed by atoms with E-state index in [9.17, 15) is 19.5 Å². The second-order valence-corrected chi connectivity index (χ2v) is 6.82. The van der Waals surface area contributed by atoms with Gasteiger partial charge in [-0.3, -0.25) is 9.59 Å². The number of nitrogens with zero attached hydrogens (tertiary/aromatic N) is 1. The highest BCUT2D eigenvalue weighted by molar-refractivity contribution is 6.04. The number of aliphatic carboxylic acids is 1. The number of fused-ring (bicyclic) bond motifs is 1. The van der Waals surface area contributed by atoms with Gasteiger partial charge in [-0.1, -0.05) is 0 Å². The number of rotatable bonds is 5. The summed E-state index contributed by atoms with van der Waals surface area (Å²) in [5, 5.41) is 11.8. The predicted octanol–water partition coefficient (Wildman–Crippen LogP) is 1.58. The molecule has 2 aromatic rings. The Bertz CT molecular complexity index is 858. The summed E-state index contributed by atoms with van der Waals surface area (Å²) >= 11 is 0. The molecule has 26 heavy (non-hydrogen) atoms. The van der Waals surface area contributed by atoms with E-state index in [2.05, 4.69) is 15.3 Å². The Morgan fingerprint density at radius 3 is 2.85 bits per heavy atom. The topological polar surface area (TPSA) is 121 Å². The van der Waals surface area contributed by atoms with Crippen molar-refractivity contribution in [3.05, 3.63) is 47.5 Å². The second-order valence-electron chi connectivity index (χ2n) is 6.82. The van der Waals surface area contributed by atoms with Crippen molar-refractivity contribution in [1.29, 1.82) is 0 Å². The van der Waals surface area contributed by atoms with Crippen molar-refractivity contribution in [2.24, 2.45) is 0 Å². The predicted molar refractivity (Wildman–Crippen MR) is 91.3 cm³/mol. The van der Waals surface area contributed by atoms with E-state index in [0.717, 1.165) is 0 Å². The van der Waals surface area contributed by atoms with Gasteiger partial charge in [-0.05, 0) is 32.0 Å². The summed E-state index contributed by atoms with van der Waals surface area (Å²) in [7, 11) is 0. The Morgan fingerprint density at radius 1 is 1.42 bits per heavy atom. The maximum absolute atomic E-state index is 12.5. The number of aromatic nitrogens is 2. The van der Waals surface area contributed by atoms with Gasteiger partial charge in [0.05, 0.1) is 18.3 Å². The average molecular weight is 357 g/mol. The van der Waals surface area contributed by atoms with Gasteiger partial charge in [0.1, 0.15) is 17.4 Å². The number of hydrogen-bond donors (Lipinski definition) is 3. The number of carboxylic acids is 1. The number of hydrogen-bond acceptors (Lipinski definition) is 5. The van der Waals surface area contributed by atoms with E-state index in [1.165, 1.54) is 24.7 Å². The number of imidazole rings is 1. The third-order valence-electron chi connectivity index (χ3n) is 4.10. The van der Waals surface area contributed by atoms with E-state index in [0.29, 0.717) is 17.0 Å². The molecule has 0 bridgehead atoms. The summed E-state index contributed by atoms with van der Waals surface area (Å²) in [4.78, 5) is 42.8. The van der Waals surface area contributed by atoms with Crippen molar-refractivity contribution in [3.8, 4) is 5.75 Å². The molecule has 1 atom stereocenters. The molecule has 8 heteroatoms. The van der Waals surface area contributed by atoms with Gasteiger partial charge in [0.15, 0.2) is 5.78 Å². The van der Waals surface area contributed by atoms with Crippen molar-refractivity contribution < 1.29 is 24.2 Å². The first-order chi connectivity index (χ1) is 12.2.